The van der Waals surface area contributed by atoms with E-state index in [-0.39, 0.29) is 0 Å². The molecule has 1 N–H and O–H groups in total. The highest BCUT2D eigenvalue weighted by atomic mass is 35.5. The molecule has 3 nitrogen and oxygen atoms in total. The van der Waals surface area contributed by atoms with E-state index in [2.05, 4.69) is 35.2 Å². The number of aromatic nitrogens is 2. The van der Waals surface area contributed by atoms with Crippen molar-refractivity contribution in [1.29, 1.82) is 0 Å². The highest BCUT2D eigenvalue weighted by Gasteiger charge is 2.06. The fourth-order valence-corrected chi connectivity index (χ4v) is 1.80. The molecule has 17 heavy (non-hydrogen) atoms. The molecule has 0 aliphatic carbocycles. The molecule has 4 heteroatoms. The lowest BCUT2D eigenvalue weighted by atomic mass is 10.0. The molecule has 0 unspecified atom stereocenters. The lowest BCUT2D eigenvalue weighted by molar-refractivity contribution is 0.869. The van der Waals surface area contributed by atoms with Crippen molar-refractivity contribution in [3.63, 3.8) is 0 Å². The van der Waals surface area contributed by atoms with Crippen LogP contribution >= 0.6 is 11.6 Å². The first kappa shape index (κ1) is 11.9. The molecule has 1 aromatic carbocycles. The molecule has 0 spiro atoms. The molecule has 0 radical (unpaired) electrons. The SMILES string of the molecule is CC(C)c1ccccc1Nc1cncc(Cl)n1. The van der Waals surface area contributed by atoms with Gasteiger partial charge in [0.2, 0.25) is 0 Å². The number of hydrogen-bond acceptors (Lipinski definition) is 3. The monoisotopic (exact) mass is 247 g/mol. The standard InChI is InChI=1S/C13H14ClN3/c1-9(2)10-5-3-4-6-11(10)16-13-8-15-7-12(14)17-13/h3-9H,1-2H3,(H,16,17). The van der Waals surface area contributed by atoms with Gasteiger partial charge in [0.15, 0.2) is 5.82 Å². The van der Waals surface area contributed by atoms with Gasteiger partial charge in [-0.05, 0) is 17.5 Å². The van der Waals surface area contributed by atoms with Crippen molar-refractivity contribution in [1.82, 2.24) is 9.97 Å². The van der Waals surface area contributed by atoms with Crippen LogP contribution in [0.25, 0.3) is 0 Å². The topological polar surface area (TPSA) is 37.8 Å². The van der Waals surface area contributed by atoms with Crippen LogP contribution < -0.4 is 5.32 Å². The number of hydrogen-bond donors (Lipinski definition) is 1. The van der Waals surface area contributed by atoms with Crippen molar-refractivity contribution >= 4 is 23.1 Å². The number of rotatable bonds is 3. The molecule has 0 saturated carbocycles. The van der Waals surface area contributed by atoms with E-state index >= 15 is 0 Å². The van der Waals surface area contributed by atoms with E-state index in [1.807, 2.05) is 18.2 Å². The summed E-state index contributed by atoms with van der Waals surface area (Å²) in [5.74, 6) is 1.11. The Morgan fingerprint density at radius 2 is 1.94 bits per heavy atom. The van der Waals surface area contributed by atoms with Gasteiger partial charge in [-0.1, -0.05) is 43.6 Å². The predicted molar refractivity (Wildman–Crippen MR) is 70.9 cm³/mol. The highest BCUT2D eigenvalue weighted by molar-refractivity contribution is 6.29. The summed E-state index contributed by atoms with van der Waals surface area (Å²) in [5.41, 5.74) is 2.29. The minimum atomic E-state index is 0.386. The first-order valence-corrected chi connectivity index (χ1v) is 5.88. The minimum Gasteiger partial charge on any atom is -0.339 e. The largest absolute Gasteiger partial charge is 0.339 e. The van der Waals surface area contributed by atoms with Crippen LogP contribution in [0.3, 0.4) is 0 Å². The zero-order valence-electron chi connectivity index (χ0n) is 9.81. The zero-order chi connectivity index (χ0) is 12.3. The van der Waals surface area contributed by atoms with E-state index in [0.29, 0.717) is 16.9 Å². The summed E-state index contributed by atoms with van der Waals surface area (Å²) in [7, 11) is 0. The maximum absolute atomic E-state index is 5.80. The molecule has 1 heterocycles. The molecule has 0 saturated heterocycles. The average Bonchev–Trinajstić information content (AvgIpc) is 2.29. The maximum Gasteiger partial charge on any atom is 0.150 e. The molecular formula is C13H14ClN3. The number of anilines is 2. The highest BCUT2D eigenvalue weighted by Crippen LogP contribution is 2.26. The fraction of sp³-hybridized carbons (Fsp3) is 0.231. The van der Waals surface area contributed by atoms with E-state index in [4.69, 9.17) is 11.6 Å². The second kappa shape index (κ2) is 5.15. The third kappa shape index (κ3) is 2.94. The van der Waals surface area contributed by atoms with Gasteiger partial charge < -0.3 is 5.32 Å². The van der Waals surface area contributed by atoms with E-state index in [0.717, 1.165) is 5.69 Å². The molecule has 1 aromatic heterocycles. The Bertz CT molecular complexity index is 512. The van der Waals surface area contributed by atoms with Crippen molar-refractivity contribution in [2.75, 3.05) is 5.32 Å². The Morgan fingerprint density at radius 1 is 1.18 bits per heavy atom. The van der Waals surface area contributed by atoms with Crippen LogP contribution in [0.5, 0.6) is 0 Å². The van der Waals surface area contributed by atoms with Crippen LogP contribution in [0.2, 0.25) is 5.15 Å². The third-order valence-corrected chi connectivity index (χ3v) is 2.63. The van der Waals surface area contributed by atoms with Crippen LogP contribution in [0.1, 0.15) is 25.3 Å². The smallest absolute Gasteiger partial charge is 0.150 e. The molecule has 0 bridgehead atoms. The lowest BCUT2D eigenvalue weighted by Crippen LogP contribution is -1.99. The van der Waals surface area contributed by atoms with Crippen LogP contribution in [-0.4, -0.2) is 9.97 Å². The lowest BCUT2D eigenvalue weighted by Gasteiger charge is -2.13. The summed E-state index contributed by atoms with van der Waals surface area (Å²) in [4.78, 5) is 8.16. The molecule has 0 fully saturated rings. The number of para-hydroxylation sites is 1. The zero-order valence-corrected chi connectivity index (χ0v) is 10.6. The van der Waals surface area contributed by atoms with Crippen molar-refractivity contribution in [3.05, 3.63) is 47.4 Å². The molecular weight excluding hydrogens is 234 g/mol. The van der Waals surface area contributed by atoms with Gasteiger partial charge in [0.05, 0.1) is 12.4 Å². The van der Waals surface area contributed by atoms with Crippen LogP contribution in [0.15, 0.2) is 36.7 Å². The summed E-state index contributed by atoms with van der Waals surface area (Å²) in [6.45, 7) is 4.31. The Kier molecular flexibility index (Phi) is 3.59. The maximum atomic E-state index is 5.80. The summed E-state index contributed by atoms with van der Waals surface area (Å²) < 4.78 is 0. The predicted octanol–water partition coefficient (Wildman–Crippen LogP) is 4.00. The van der Waals surface area contributed by atoms with Gasteiger partial charge in [-0.3, -0.25) is 4.98 Å². The first-order valence-electron chi connectivity index (χ1n) is 5.50. The summed E-state index contributed by atoms with van der Waals surface area (Å²) in [5, 5.41) is 3.62. The van der Waals surface area contributed by atoms with Gasteiger partial charge >= 0.3 is 0 Å². The Balaban J connectivity index is 2.30. The van der Waals surface area contributed by atoms with E-state index in [1.54, 1.807) is 6.20 Å². The van der Waals surface area contributed by atoms with E-state index in [1.165, 1.54) is 11.8 Å². The molecule has 88 valence electrons. The van der Waals surface area contributed by atoms with Gasteiger partial charge in [-0.15, -0.1) is 0 Å². The molecule has 2 aromatic rings. The van der Waals surface area contributed by atoms with Gasteiger partial charge in [-0.25, -0.2) is 4.98 Å². The van der Waals surface area contributed by atoms with Crippen molar-refractivity contribution < 1.29 is 0 Å². The van der Waals surface area contributed by atoms with E-state index < -0.39 is 0 Å². The van der Waals surface area contributed by atoms with Gasteiger partial charge in [0, 0.05) is 5.69 Å². The van der Waals surface area contributed by atoms with Gasteiger partial charge in [-0.2, -0.15) is 0 Å². The minimum absolute atomic E-state index is 0.386. The molecule has 0 aliphatic rings. The number of nitrogens with one attached hydrogen (secondary N) is 1. The quantitative estimate of drug-likeness (QED) is 0.891. The molecule has 0 aliphatic heterocycles. The van der Waals surface area contributed by atoms with Gasteiger partial charge in [0.1, 0.15) is 5.15 Å². The van der Waals surface area contributed by atoms with Gasteiger partial charge in [0.25, 0.3) is 0 Å². The number of nitrogens with zero attached hydrogens (tertiary/aromatic N) is 2. The Labute approximate surface area is 106 Å². The second-order valence-electron chi connectivity index (χ2n) is 4.09. The van der Waals surface area contributed by atoms with Crippen molar-refractivity contribution in [2.45, 2.75) is 19.8 Å². The summed E-state index contributed by atoms with van der Waals surface area (Å²) in [6, 6.07) is 8.15. The van der Waals surface area contributed by atoms with Crippen LogP contribution in [-0.2, 0) is 0 Å². The Hall–Kier alpha value is -1.61. The van der Waals surface area contributed by atoms with Crippen LogP contribution in [0, 0.1) is 0 Å². The molecule has 2 rings (SSSR count). The second-order valence-corrected chi connectivity index (χ2v) is 4.48. The summed E-state index contributed by atoms with van der Waals surface area (Å²) in [6.07, 6.45) is 3.17. The fourth-order valence-electron chi connectivity index (χ4n) is 1.65. The van der Waals surface area contributed by atoms with Crippen molar-refractivity contribution in [2.24, 2.45) is 0 Å². The van der Waals surface area contributed by atoms with Crippen LogP contribution in [0.4, 0.5) is 11.5 Å². The normalized spacial score (nSPS) is 10.6. The Morgan fingerprint density at radius 3 is 2.65 bits per heavy atom. The molecule has 0 atom stereocenters. The van der Waals surface area contributed by atoms with E-state index in [9.17, 15) is 0 Å². The molecule has 0 amide bonds. The summed E-state index contributed by atoms with van der Waals surface area (Å²) >= 11 is 5.80. The first-order chi connectivity index (χ1) is 8.16. The number of benzene rings is 1. The number of halogens is 1. The average molecular weight is 248 g/mol. The third-order valence-electron chi connectivity index (χ3n) is 2.45. The van der Waals surface area contributed by atoms with Crippen molar-refractivity contribution in [3.8, 4) is 0 Å².